The number of likely N-dealkylation sites (N-methyl/N-ethyl adjacent to an activating group) is 1. The molecule has 0 heterocycles. The first-order chi connectivity index (χ1) is 8.36. The topological polar surface area (TPSA) is 136 Å². The Hall–Kier alpha value is -1.67. The molecule has 1 saturated carbocycles. The molecule has 1 aliphatic rings. The molecule has 0 spiro atoms. The second kappa shape index (κ2) is 6.31. The van der Waals surface area contributed by atoms with E-state index in [2.05, 4.69) is 16.4 Å². The second-order valence-corrected chi connectivity index (χ2v) is 4.00. The van der Waals surface area contributed by atoms with Crippen LogP contribution < -0.4 is 11.7 Å². The molecule has 8 nitrogen and oxygen atoms in total. The van der Waals surface area contributed by atoms with Crippen molar-refractivity contribution in [3.05, 3.63) is 0 Å². The third-order valence-corrected chi connectivity index (χ3v) is 3.01. The number of hydrogen-bond donors (Lipinski definition) is 3. The maximum Gasteiger partial charge on any atom is 0.328 e. The molecular formula is C10H19N3O5. The van der Waals surface area contributed by atoms with E-state index >= 15 is 0 Å². The van der Waals surface area contributed by atoms with Crippen molar-refractivity contribution in [3.63, 3.8) is 0 Å². The first kappa shape index (κ1) is 16.3. The largest absolute Gasteiger partial charge is 0.480 e. The Morgan fingerprint density at radius 3 is 2.06 bits per heavy atom. The molecule has 1 amide bonds. The van der Waals surface area contributed by atoms with Gasteiger partial charge in [-0.05, 0) is 19.8 Å². The van der Waals surface area contributed by atoms with Gasteiger partial charge >= 0.3 is 11.9 Å². The summed E-state index contributed by atoms with van der Waals surface area (Å²) >= 11 is 0. The molecule has 0 bridgehead atoms. The number of carbonyl (C=O) groups excluding carboxylic acids is 2. The van der Waals surface area contributed by atoms with Crippen LogP contribution in [-0.2, 0) is 19.1 Å². The van der Waals surface area contributed by atoms with Gasteiger partial charge in [-0.15, -0.1) is 0 Å². The summed E-state index contributed by atoms with van der Waals surface area (Å²) < 4.78 is 4.50. The summed E-state index contributed by atoms with van der Waals surface area (Å²) in [5.74, 6) is 5.79. The van der Waals surface area contributed by atoms with Crippen molar-refractivity contribution >= 4 is 17.8 Å². The van der Waals surface area contributed by atoms with Crippen LogP contribution in [0.2, 0.25) is 0 Å². The first-order valence-electron chi connectivity index (χ1n) is 5.28. The van der Waals surface area contributed by atoms with Gasteiger partial charge in [0.2, 0.25) is 5.91 Å². The van der Waals surface area contributed by atoms with Crippen LogP contribution >= 0.6 is 0 Å². The normalized spacial score (nSPS) is 16.7. The molecule has 1 rings (SSSR count). The summed E-state index contributed by atoms with van der Waals surface area (Å²) in [6.45, 7) is 1.50. The van der Waals surface area contributed by atoms with Gasteiger partial charge in [-0.25, -0.2) is 4.79 Å². The molecule has 0 aromatic carbocycles. The summed E-state index contributed by atoms with van der Waals surface area (Å²) in [5, 5.41) is 8.94. The van der Waals surface area contributed by atoms with E-state index < -0.39 is 29.3 Å². The molecule has 1 atom stereocenters. The predicted molar refractivity (Wildman–Crippen MR) is 61.9 cm³/mol. The Bertz CT molecular complexity index is 340. The van der Waals surface area contributed by atoms with Crippen LogP contribution in [0.15, 0.2) is 0 Å². The van der Waals surface area contributed by atoms with E-state index in [1.54, 1.807) is 0 Å². The number of carboxylic acids is 1. The van der Waals surface area contributed by atoms with Gasteiger partial charge in [-0.3, -0.25) is 21.3 Å². The fraction of sp³-hybridized carbons (Fsp3) is 0.700. The number of nitrogens with two attached hydrogens (primary N) is 2. The van der Waals surface area contributed by atoms with Crippen molar-refractivity contribution in [2.24, 2.45) is 17.1 Å². The Kier molecular flexibility index (Phi) is 5.73. The number of amides is 1. The van der Waals surface area contributed by atoms with Crippen molar-refractivity contribution in [2.45, 2.75) is 25.8 Å². The van der Waals surface area contributed by atoms with Gasteiger partial charge in [0.1, 0.15) is 11.5 Å². The summed E-state index contributed by atoms with van der Waals surface area (Å²) in [4.78, 5) is 35.1. The fourth-order valence-electron chi connectivity index (χ4n) is 1.49. The standard InChI is InChI=1S/C10H15NO5.H4N2/c1-6(7(12)16-3)11(2)8(13)10(4-5-10)9(14)15;1-2/h6H,4-5H2,1-3H3,(H,14,15);1-2H2/t6-;/m1./s1. The smallest absolute Gasteiger partial charge is 0.328 e. The van der Waals surface area contributed by atoms with Crippen LogP contribution in [0.5, 0.6) is 0 Å². The number of rotatable bonds is 4. The molecule has 0 aliphatic heterocycles. The lowest BCUT2D eigenvalue weighted by Gasteiger charge is -2.25. The van der Waals surface area contributed by atoms with E-state index in [9.17, 15) is 14.4 Å². The molecule has 0 aromatic heterocycles. The highest BCUT2D eigenvalue weighted by atomic mass is 16.5. The lowest BCUT2D eigenvalue weighted by molar-refractivity contribution is -0.159. The number of aliphatic carboxylic acids is 1. The Morgan fingerprint density at radius 1 is 1.33 bits per heavy atom. The SMILES string of the molecule is COC(=O)[C@@H](C)N(C)C(=O)C1(C(=O)O)CC1.NN. The highest BCUT2D eigenvalue weighted by molar-refractivity contribution is 6.05. The van der Waals surface area contributed by atoms with Crippen LogP contribution in [0.1, 0.15) is 19.8 Å². The van der Waals surface area contributed by atoms with Crippen molar-refractivity contribution < 1.29 is 24.2 Å². The maximum absolute atomic E-state index is 11.9. The average molecular weight is 261 g/mol. The maximum atomic E-state index is 11.9. The van der Waals surface area contributed by atoms with E-state index in [1.807, 2.05) is 0 Å². The molecule has 1 aliphatic carbocycles. The summed E-state index contributed by atoms with van der Waals surface area (Å²) in [6.07, 6.45) is 0.665. The van der Waals surface area contributed by atoms with Crippen LogP contribution in [0, 0.1) is 5.41 Å². The number of hydrazine groups is 1. The molecule has 1 fully saturated rings. The zero-order valence-electron chi connectivity index (χ0n) is 10.7. The highest BCUT2D eigenvalue weighted by Crippen LogP contribution is 2.47. The van der Waals surface area contributed by atoms with Crippen molar-refractivity contribution in [1.82, 2.24) is 4.90 Å². The summed E-state index contributed by atoms with van der Waals surface area (Å²) in [6, 6.07) is -0.769. The van der Waals surface area contributed by atoms with E-state index in [0.717, 1.165) is 4.90 Å². The zero-order valence-corrected chi connectivity index (χ0v) is 10.7. The molecule has 0 saturated heterocycles. The van der Waals surface area contributed by atoms with Crippen molar-refractivity contribution in [2.75, 3.05) is 14.2 Å². The van der Waals surface area contributed by atoms with E-state index in [-0.39, 0.29) is 0 Å². The molecular weight excluding hydrogens is 242 g/mol. The van der Waals surface area contributed by atoms with Crippen molar-refractivity contribution in [1.29, 1.82) is 0 Å². The minimum absolute atomic E-state index is 0.333. The van der Waals surface area contributed by atoms with Crippen LogP contribution in [0.3, 0.4) is 0 Å². The number of carboxylic acid groups (broad SMARTS) is 1. The predicted octanol–water partition coefficient (Wildman–Crippen LogP) is -1.31. The number of methoxy groups -OCH3 is 1. The number of hydrogen-bond acceptors (Lipinski definition) is 6. The number of carbonyl (C=O) groups is 3. The van der Waals surface area contributed by atoms with Crippen LogP contribution in [-0.4, -0.2) is 48.1 Å². The van der Waals surface area contributed by atoms with Crippen molar-refractivity contribution in [3.8, 4) is 0 Å². The third kappa shape index (κ3) is 2.96. The van der Waals surface area contributed by atoms with Gasteiger partial charge in [-0.2, -0.15) is 0 Å². The van der Waals surface area contributed by atoms with Gasteiger partial charge < -0.3 is 14.7 Å². The Morgan fingerprint density at radius 2 is 1.78 bits per heavy atom. The summed E-state index contributed by atoms with van der Waals surface area (Å²) in [5.41, 5.74) is -1.31. The number of esters is 1. The molecule has 8 heteroatoms. The van der Waals surface area contributed by atoms with Gasteiger partial charge in [0, 0.05) is 7.05 Å². The minimum atomic E-state index is -1.31. The van der Waals surface area contributed by atoms with Gasteiger partial charge in [0.05, 0.1) is 7.11 Å². The molecule has 0 radical (unpaired) electrons. The average Bonchev–Trinajstić information content (AvgIpc) is 3.19. The van der Waals surface area contributed by atoms with Crippen LogP contribution in [0.25, 0.3) is 0 Å². The molecule has 0 unspecified atom stereocenters. The van der Waals surface area contributed by atoms with Gasteiger partial charge in [0.15, 0.2) is 0 Å². The number of nitrogens with zero attached hydrogens (tertiary/aromatic N) is 1. The van der Waals surface area contributed by atoms with E-state index in [4.69, 9.17) is 5.11 Å². The highest BCUT2D eigenvalue weighted by Gasteiger charge is 2.58. The lowest BCUT2D eigenvalue weighted by atomic mass is 10.1. The van der Waals surface area contributed by atoms with E-state index in [0.29, 0.717) is 12.8 Å². The molecule has 5 N–H and O–H groups in total. The second-order valence-electron chi connectivity index (χ2n) is 4.00. The fourth-order valence-corrected chi connectivity index (χ4v) is 1.49. The minimum Gasteiger partial charge on any atom is -0.480 e. The van der Waals surface area contributed by atoms with Gasteiger partial charge in [-0.1, -0.05) is 0 Å². The first-order valence-corrected chi connectivity index (χ1v) is 5.28. The molecule has 18 heavy (non-hydrogen) atoms. The molecule has 104 valence electrons. The summed E-state index contributed by atoms with van der Waals surface area (Å²) in [7, 11) is 2.63. The van der Waals surface area contributed by atoms with E-state index in [1.165, 1.54) is 21.1 Å². The van der Waals surface area contributed by atoms with Gasteiger partial charge in [0.25, 0.3) is 0 Å². The quantitative estimate of drug-likeness (QED) is 0.247. The zero-order chi connectivity index (χ0) is 14.5. The lowest BCUT2D eigenvalue weighted by Crippen LogP contribution is -2.46. The molecule has 0 aromatic rings. The third-order valence-electron chi connectivity index (χ3n) is 3.01. The Balaban J connectivity index is 0.00000137. The van der Waals surface area contributed by atoms with Crippen LogP contribution in [0.4, 0.5) is 0 Å². The number of ether oxygens (including phenoxy) is 1. The Labute approximate surface area is 105 Å². The monoisotopic (exact) mass is 261 g/mol.